The van der Waals surface area contributed by atoms with Crippen LogP contribution in [0.5, 0.6) is 0 Å². The lowest BCUT2D eigenvalue weighted by Gasteiger charge is -2.06. The number of hydrogen-bond acceptors (Lipinski definition) is 7. The van der Waals surface area contributed by atoms with Crippen molar-refractivity contribution in [2.75, 3.05) is 0 Å². The van der Waals surface area contributed by atoms with Crippen molar-refractivity contribution in [3.63, 3.8) is 0 Å². The van der Waals surface area contributed by atoms with E-state index < -0.39 is 11.7 Å². The fourth-order valence-corrected chi connectivity index (χ4v) is 3.22. The highest BCUT2D eigenvalue weighted by molar-refractivity contribution is 7.99. The van der Waals surface area contributed by atoms with Gasteiger partial charge < -0.3 is 8.94 Å². The Bertz CT molecular complexity index is 1110. The number of thioether (sulfide) groups is 1. The molecule has 0 aliphatic rings. The van der Waals surface area contributed by atoms with Crippen molar-refractivity contribution in [1.29, 1.82) is 0 Å². The second-order valence-electron chi connectivity index (χ2n) is 6.03. The minimum Gasteiger partial charge on any atom is -0.411 e. The van der Waals surface area contributed by atoms with Gasteiger partial charge in [-0.2, -0.15) is 18.2 Å². The molecule has 6 nitrogen and oxygen atoms in total. The number of benzene rings is 2. The largest absolute Gasteiger partial charge is 0.416 e. The molecule has 0 radical (unpaired) electrons. The third kappa shape index (κ3) is 4.32. The van der Waals surface area contributed by atoms with Gasteiger partial charge in [0.2, 0.25) is 17.6 Å². The molecule has 0 saturated heterocycles. The Balaban J connectivity index is 1.49. The standard InChI is InChI=1S/C19H13F3N4O2S/c1-11(29-18-25-24-17(27-18)12-6-3-2-4-7-12)16-23-15(26-28-16)13-8-5-9-14(10-13)19(20,21)22/h2-11H,1H3/t11-/m1/s1. The zero-order chi connectivity index (χ0) is 20.4. The van der Waals surface area contributed by atoms with E-state index in [1.807, 2.05) is 30.3 Å². The van der Waals surface area contributed by atoms with Gasteiger partial charge in [-0.1, -0.05) is 47.3 Å². The van der Waals surface area contributed by atoms with Crippen LogP contribution in [-0.4, -0.2) is 20.3 Å². The molecule has 0 aliphatic carbocycles. The van der Waals surface area contributed by atoms with Crippen LogP contribution in [0, 0.1) is 0 Å². The fourth-order valence-electron chi connectivity index (χ4n) is 2.51. The van der Waals surface area contributed by atoms with E-state index in [1.54, 1.807) is 6.92 Å². The minimum atomic E-state index is -4.44. The van der Waals surface area contributed by atoms with Crippen molar-refractivity contribution in [3.05, 3.63) is 66.1 Å². The molecule has 2 heterocycles. The van der Waals surface area contributed by atoms with Crippen LogP contribution in [-0.2, 0) is 6.18 Å². The molecule has 2 aromatic carbocycles. The molecule has 10 heteroatoms. The van der Waals surface area contributed by atoms with Gasteiger partial charge in [0.1, 0.15) is 0 Å². The first-order valence-corrected chi connectivity index (χ1v) is 9.35. The molecular formula is C19H13F3N4O2S. The minimum absolute atomic E-state index is 0.0778. The Morgan fingerprint density at radius 2 is 1.72 bits per heavy atom. The molecule has 0 N–H and O–H groups in total. The number of alkyl halides is 3. The highest BCUT2D eigenvalue weighted by Crippen LogP contribution is 2.36. The molecule has 0 spiro atoms. The van der Waals surface area contributed by atoms with Crippen molar-refractivity contribution < 1.29 is 22.1 Å². The van der Waals surface area contributed by atoms with E-state index in [2.05, 4.69) is 20.3 Å². The lowest BCUT2D eigenvalue weighted by atomic mass is 10.1. The van der Waals surface area contributed by atoms with Gasteiger partial charge in [-0.25, -0.2) is 0 Å². The van der Waals surface area contributed by atoms with Gasteiger partial charge in [0.05, 0.1) is 10.8 Å². The summed E-state index contributed by atoms with van der Waals surface area (Å²) in [6, 6.07) is 14.1. The molecule has 148 valence electrons. The van der Waals surface area contributed by atoms with E-state index in [0.29, 0.717) is 11.1 Å². The number of halogens is 3. The first kappa shape index (κ1) is 19.2. The van der Waals surface area contributed by atoms with Crippen LogP contribution >= 0.6 is 11.8 Å². The first-order chi connectivity index (χ1) is 13.9. The number of aromatic nitrogens is 4. The van der Waals surface area contributed by atoms with E-state index in [1.165, 1.54) is 23.9 Å². The molecule has 4 rings (SSSR count). The molecule has 1 atom stereocenters. The van der Waals surface area contributed by atoms with E-state index in [0.717, 1.165) is 17.7 Å². The summed E-state index contributed by atoms with van der Waals surface area (Å²) in [6.45, 7) is 1.79. The summed E-state index contributed by atoms with van der Waals surface area (Å²) in [4.78, 5) is 4.21. The second kappa shape index (κ2) is 7.70. The molecule has 0 fully saturated rings. The molecule has 0 saturated carbocycles. The molecule has 0 aliphatic heterocycles. The summed E-state index contributed by atoms with van der Waals surface area (Å²) in [5.41, 5.74) is 0.239. The molecule has 4 aromatic rings. The molecule has 0 bridgehead atoms. The summed E-state index contributed by atoms with van der Waals surface area (Å²) in [5, 5.41) is 11.8. The van der Waals surface area contributed by atoms with Gasteiger partial charge in [0.15, 0.2) is 0 Å². The third-order valence-electron chi connectivity index (χ3n) is 3.94. The Labute approximate surface area is 167 Å². The SMILES string of the molecule is C[C@@H](Sc1nnc(-c2ccccc2)o1)c1nc(-c2cccc(C(F)(F)F)c2)no1. The normalized spacial score (nSPS) is 12.8. The van der Waals surface area contributed by atoms with Crippen LogP contribution in [0.1, 0.15) is 23.6 Å². The topological polar surface area (TPSA) is 77.8 Å². The van der Waals surface area contributed by atoms with E-state index in [4.69, 9.17) is 8.94 Å². The van der Waals surface area contributed by atoms with Crippen molar-refractivity contribution in [1.82, 2.24) is 20.3 Å². The van der Waals surface area contributed by atoms with Crippen molar-refractivity contribution in [2.24, 2.45) is 0 Å². The number of nitrogens with zero attached hydrogens (tertiary/aromatic N) is 4. The molecule has 0 unspecified atom stereocenters. The highest BCUT2D eigenvalue weighted by Gasteiger charge is 2.31. The average Bonchev–Trinajstić information content (AvgIpc) is 3.38. The summed E-state index contributed by atoms with van der Waals surface area (Å²) < 4.78 is 49.5. The maximum atomic E-state index is 12.9. The van der Waals surface area contributed by atoms with Gasteiger partial charge in [-0.05, 0) is 31.2 Å². The molecule has 0 amide bonds. The summed E-state index contributed by atoms with van der Waals surface area (Å²) in [7, 11) is 0. The van der Waals surface area contributed by atoms with E-state index in [-0.39, 0.29) is 22.5 Å². The first-order valence-electron chi connectivity index (χ1n) is 8.47. The quantitative estimate of drug-likeness (QED) is 0.387. The van der Waals surface area contributed by atoms with E-state index >= 15 is 0 Å². The molecular weight excluding hydrogens is 405 g/mol. The summed E-state index contributed by atoms with van der Waals surface area (Å²) in [5.74, 6) is 0.700. The van der Waals surface area contributed by atoms with Crippen molar-refractivity contribution in [2.45, 2.75) is 23.6 Å². The van der Waals surface area contributed by atoms with Crippen molar-refractivity contribution in [3.8, 4) is 22.8 Å². The Morgan fingerprint density at radius 1 is 0.966 bits per heavy atom. The zero-order valence-electron chi connectivity index (χ0n) is 14.9. The van der Waals surface area contributed by atoms with Gasteiger partial charge in [0.25, 0.3) is 5.22 Å². The lowest BCUT2D eigenvalue weighted by molar-refractivity contribution is -0.137. The van der Waals surface area contributed by atoms with Crippen molar-refractivity contribution >= 4 is 11.8 Å². The highest BCUT2D eigenvalue weighted by atomic mass is 32.2. The van der Waals surface area contributed by atoms with E-state index in [9.17, 15) is 13.2 Å². The van der Waals surface area contributed by atoms with Gasteiger partial charge >= 0.3 is 6.18 Å². The fraction of sp³-hybridized carbons (Fsp3) is 0.158. The van der Waals surface area contributed by atoms with Gasteiger partial charge in [0, 0.05) is 11.1 Å². The predicted octanol–water partition coefficient (Wildman–Crippen LogP) is 5.66. The van der Waals surface area contributed by atoms with Gasteiger partial charge in [-0.3, -0.25) is 0 Å². The smallest absolute Gasteiger partial charge is 0.411 e. The lowest BCUT2D eigenvalue weighted by Crippen LogP contribution is -2.04. The van der Waals surface area contributed by atoms with Crippen LogP contribution in [0.3, 0.4) is 0 Å². The van der Waals surface area contributed by atoms with Crippen LogP contribution in [0.4, 0.5) is 13.2 Å². The third-order valence-corrected chi connectivity index (χ3v) is 4.86. The maximum Gasteiger partial charge on any atom is 0.416 e. The molecule has 29 heavy (non-hydrogen) atoms. The Hall–Kier alpha value is -3.14. The number of hydrogen-bond donors (Lipinski definition) is 0. The maximum absolute atomic E-state index is 12.9. The van der Waals surface area contributed by atoms with Crippen LogP contribution in [0.15, 0.2) is 68.8 Å². The van der Waals surface area contributed by atoms with Crippen LogP contribution in [0.25, 0.3) is 22.8 Å². The average molecular weight is 418 g/mol. The molecule has 2 aromatic heterocycles. The Morgan fingerprint density at radius 3 is 2.48 bits per heavy atom. The van der Waals surface area contributed by atoms with Crippen LogP contribution < -0.4 is 0 Å². The summed E-state index contributed by atoms with van der Waals surface area (Å²) >= 11 is 1.21. The predicted molar refractivity (Wildman–Crippen MR) is 98.7 cm³/mol. The van der Waals surface area contributed by atoms with Gasteiger partial charge in [-0.15, -0.1) is 10.2 Å². The summed E-state index contributed by atoms with van der Waals surface area (Å²) in [6.07, 6.45) is -4.44. The van der Waals surface area contributed by atoms with Crippen LogP contribution in [0.2, 0.25) is 0 Å². The second-order valence-corrected chi connectivity index (χ2v) is 7.33. The monoisotopic (exact) mass is 418 g/mol. The Kier molecular flexibility index (Phi) is 5.10. The number of rotatable bonds is 5. The zero-order valence-corrected chi connectivity index (χ0v) is 15.7.